The third-order valence-electron chi connectivity index (χ3n) is 7.69. The van der Waals surface area contributed by atoms with E-state index in [0.29, 0.717) is 18.1 Å². The topological polar surface area (TPSA) is 114 Å². The van der Waals surface area contributed by atoms with E-state index in [4.69, 9.17) is 9.57 Å². The third-order valence-corrected chi connectivity index (χ3v) is 7.69. The maximum absolute atomic E-state index is 13.0. The summed E-state index contributed by atoms with van der Waals surface area (Å²) < 4.78 is 5.40. The predicted molar refractivity (Wildman–Crippen MR) is 126 cm³/mol. The van der Waals surface area contributed by atoms with Crippen LogP contribution in [0.15, 0.2) is 18.5 Å². The SMILES string of the molecule is C[C@@H](Nc1cnc(C=CC(=O)NOC2CCCCO2)cn1)C(=O)NC12CC3CC(CC(C3)C1)C2. The molecule has 2 amide bonds. The average Bonchev–Trinajstić information content (AvgIpc) is 2.82. The lowest BCUT2D eigenvalue weighted by atomic mass is 9.53. The molecule has 2 atom stereocenters. The van der Waals surface area contributed by atoms with Crippen molar-refractivity contribution in [3.05, 3.63) is 24.2 Å². The lowest BCUT2D eigenvalue weighted by molar-refractivity contribution is -0.198. The summed E-state index contributed by atoms with van der Waals surface area (Å²) >= 11 is 0. The lowest BCUT2D eigenvalue weighted by Gasteiger charge is -2.57. The monoisotopic (exact) mass is 469 g/mol. The Kier molecular flexibility index (Phi) is 6.83. The van der Waals surface area contributed by atoms with E-state index in [0.717, 1.165) is 56.3 Å². The van der Waals surface area contributed by atoms with Crippen molar-refractivity contribution in [3.8, 4) is 0 Å². The third kappa shape index (κ3) is 5.58. The van der Waals surface area contributed by atoms with Gasteiger partial charge in [0.25, 0.3) is 5.91 Å². The lowest BCUT2D eigenvalue weighted by Crippen LogP contribution is -2.61. The van der Waals surface area contributed by atoms with E-state index in [2.05, 4.69) is 26.1 Å². The molecule has 1 aliphatic heterocycles. The Morgan fingerprint density at radius 3 is 2.47 bits per heavy atom. The summed E-state index contributed by atoms with van der Waals surface area (Å²) in [5.41, 5.74) is 2.89. The van der Waals surface area contributed by atoms with Gasteiger partial charge in [-0.25, -0.2) is 15.3 Å². The zero-order valence-corrected chi connectivity index (χ0v) is 19.8. The summed E-state index contributed by atoms with van der Waals surface area (Å²) in [6.45, 7) is 2.50. The fourth-order valence-electron chi connectivity index (χ4n) is 6.54. The van der Waals surface area contributed by atoms with Gasteiger partial charge in [-0.1, -0.05) is 0 Å². The molecule has 5 fully saturated rings. The number of hydrogen-bond acceptors (Lipinski definition) is 7. The summed E-state index contributed by atoms with van der Waals surface area (Å²) in [6, 6.07) is -0.409. The van der Waals surface area contributed by atoms with Crippen LogP contribution in [0, 0.1) is 17.8 Å². The number of ether oxygens (including phenoxy) is 1. The first kappa shape index (κ1) is 23.2. The van der Waals surface area contributed by atoms with Crippen LogP contribution in [0.1, 0.15) is 70.4 Å². The molecule has 3 N–H and O–H groups in total. The Labute approximate surface area is 200 Å². The molecule has 9 nitrogen and oxygen atoms in total. The number of hydrogen-bond donors (Lipinski definition) is 3. The molecule has 4 aliphatic carbocycles. The van der Waals surface area contributed by atoms with Crippen LogP contribution in [-0.2, 0) is 19.2 Å². The first-order valence-electron chi connectivity index (χ1n) is 12.6. The maximum atomic E-state index is 13.0. The van der Waals surface area contributed by atoms with Gasteiger partial charge in [0.15, 0.2) is 6.29 Å². The van der Waals surface area contributed by atoms with Crippen LogP contribution in [0.3, 0.4) is 0 Å². The fourth-order valence-corrected chi connectivity index (χ4v) is 6.54. The molecule has 4 bridgehead atoms. The van der Waals surface area contributed by atoms with Crippen LogP contribution in [0.4, 0.5) is 5.82 Å². The van der Waals surface area contributed by atoms with Crippen LogP contribution in [-0.4, -0.2) is 46.3 Å². The van der Waals surface area contributed by atoms with Crippen LogP contribution in [0.25, 0.3) is 6.08 Å². The normalized spacial score (nSPS) is 33.0. The zero-order valence-electron chi connectivity index (χ0n) is 19.8. The fraction of sp³-hybridized carbons (Fsp3) is 0.680. The predicted octanol–water partition coefficient (Wildman–Crippen LogP) is 2.95. The molecule has 6 rings (SSSR count). The molecule has 34 heavy (non-hydrogen) atoms. The van der Waals surface area contributed by atoms with Crippen molar-refractivity contribution in [1.82, 2.24) is 20.8 Å². The molecule has 0 radical (unpaired) electrons. The van der Waals surface area contributed by atoms with Crippen LogP contribution >= 0.6 is 0 Å². The van der Waals surface area contributed by atoms with Crippen molar-refractivity contribution in [2.24, 2.45) is 17.8 Å². The van der Waals surface area contributed by atoms with Gasteiger partial charge in [-0.05, 0) is 82.1 Å². The first-order valence-corrected chi connectivity index (χ1v) is 12.6. The van der Waals surface area contributed by atoms with Crippen LogP contribution < -0.4 is 16.1 Å². The second kappa shape index (κ2) is 10.00. The van der Waals surface area contributed by atoms with Crippen molar-refractivity contribution in [2.45, 2.75) is 82.6 Å². The number of carbonyl (C=O) groups excluding carboxylic acids is 2. The number of rotatable bonds is 8. The van der Waals surface area contributed by atoms with E-state index < -0.39 is 18.2 Å². The standard InChI is InChI=1S/C25H35N5O4/c1-16(24(32)29-25-11-17-8-18(12-25)10-19(9-17)13-25)28-21-15-26-20(14-27-21)5-6-22(31)30-34-23-4-2-3-7-33-23/h5-6,14-19,23H,2-4,7-13H2,1H3,(H,27,28)(H,29,32)(H,30,31)/t16-,17?,18?,19?,23?,25?/m1/s1. The number of amides is 2. The van der Waals surface area contributed by atoms with Gasteiger partial charge in [-0.3, -0.25) is 14.6 Å². The molecule has 1 unspecified atom stereocenters. The summed E-state index contributed by atoms with van der Waals surface area (Å²) in [7, 11) is 0. The van der Waals surface area contributed by atoms with Crippen molar-refractivity contribution < 1.29 is 19.2 Å². The molecule has 1 saturated heterocycles. The first-order chi connectivity index (χ1) is 16.5. The van der Waals surface area contributed by atoms with E-state index in [-0.39, 0.29) is 11.4 Å². The Morgan fingerprint density at radius 2 is 1.85 bits per heavy atom. The quantitative estimate of drug-likeness (QED) is 0.396. The summed E-state index contributed by atoms with van der Waals surface area (Å²) in [5, 5.41) is 6.55. The maximum Gasteiger partial charge on any atom is 0.267 e. The molecule has 184 valence electrons. The van der Waals surface area contributed by atoms with Gasteiger partial charge >= 0.3 is 0 Å². The smallest absolute Gasteiger partial charge is 0.267 e. The van der Waals surface area contributed by atoms with Crippen molar-refractivity contribution in [1.29, 1.82) is 0 Å². The Bertz CT molecular complexity index is 877. The molecular formula is C25H35N5O4. The molecule has 9 heteroatoms. The number of anilines is 1. The Morgan fingerprint density at radius 1 is 1.12 bits per heavy atom. The van der Waals surface area contributed by atoms with Gasteiger partial charge in [-0.15, -0.1) is 0 Å². The number of nitrogens with one attached hydrogen (secondary N) is 3. The van der Waals surface area contributed by atoms with E-state index in [1.54, 1.807) is 18.5 Å². The van der Waals surface area contributed by atoms with Crippen molar-refractivity contribution in [2.75, 3.05) is 11.9 Å². The van der Waals surface area contributed by atoms with Gasteiger partial charge in [0.2, 0.25) is 5.91 Å². The Balaban J connectivity index is 1.08. The molecular weight excluding hydrogens is 434 g/mol. The molecule has 1 aromatic rings. The molecule has 0 aromatic carbocycles. The van der Waals surface area contributed by atoms with E-state index in [1.807, 2.05) is 6.92 Å². The van der Waals surface area contributed by atoms with E-state index in [9.17, 15) is 9.59 Å². The van der Waals surface area contributed by atoms with E-state index >= 15 is 0 Å². The second-order valence-electron chi connectivity index (χ2n) is 10.6. The minimum Gasteiger partial charge on any atom is -0.357 e. The second-order valence-corrected chi connectivity index (χ2v) is 10.6. The minimum absolute atomic E-state index is 0.00446. The minimum atomic E-state index is -0.409. The van der Waals surface area contributed by atoms with Crippen molar-refractivity contribution in [3.63, 3.8) is 0 Å². The average molecular weight is 470 g/mol. The Hall–Kier alpha value is -2.52. The number of carbonyl (C=O) groups is 2. The van der Waals surface area contributed by atoms with E-state index in [1.165, 1.54) is 25.3 Å². The van der Waals surface area contributed by atoms with Gasteiger partial charge in [0.05, 0.1) is 18.1 Å². The highest BCUT2D eigenvalue weighted by Crippen LogP contribution is 2.55. The van der Waals surface area contributed by atoms with Gasteiger partial charge in [-0.2, -0.15) is 0 Å². The molecule has 4 saturated carbocycles. The highest BCUT2D eigenvalue weighted by Gasteiger charge is 2.51. The highest BCUT2D eigenvalue weighted by atomic mass is 16.8. The largest absolute Gasteiger partial charge is 0.357 e. The van der Waals surface area contributed by atoms with Gasteiger partial charge in [0, 0.05) is 24.6 Å². The number of hydroxylamine groups is 1. The molecule has 1 aromatic heterocycles. The number of nitrogens with zero attached hydrogens (tertiary/aromatic N) is 2. The molecule has 5 aliphatic rings. The van der Waals surface area contributed by atoms with Gasteiger partial charge in [0.1, 0.15) is 11.9 Å². The van der Waals surface area contributed by atoms with Crippen LogP contribution in [0.2, 0.25) is 0 Å². The van der Waals surface area contributed by atoms with Crippen molar-refractivity contribution >= 4 is 23.7 Å². The molecule has 0 spiro atoms. The zero-order chi connectivity index (χ0) is 23.5. The van der Waals surface area contributed by atoms with Crippen LogP contribution in [0.5, 0.6) is 0 Å². The molecule has 2 heterocycles. The highest BCUT2D eigenvalue weighted by molar-refractivity contribution is 5.90. The summed E-state index contributed by atoms with van der Waals surface area (Å²) in [5.74, 6) is 2.51. The summed E-state index contributed by atoms with van der Waals surface area (Å²) in [6.07, 6.45) is 15.9. The van der Waals surface area contributed by atoms with Gasteiger partial charge < -0.3 is 15.4 Å². The summed E-state index contributed by atoms with van der Waals surface area (Å²) in [4.78, 5) is 38.8. The number of aromatic nitrogens is 2.